The van der Waals surface area contributed by atoms with Crippen molar-refractivity contribution in [1.29, 1.82) is 0 Å². The van der Waals surface area contributed by atoms with Crippen LogP contribution in [0.3, 0.4) is 0 Å². The van der Waals surface area contributed by atoms with Gasteiger partial charge in [-0.25, -0.2) is 9.78 Å². The van der Waals surface area contributed by atoms with Gasteiger partial charge in [-0.3, -0.25) is 0 Å². The first-order valence-corrected chi connectivity index (χ1v) is 10.0. The summed E-state index contributed by atoms with van der Waals surface area (Å²) in [5.41, 5.74) is -0.662. The second-order valence-corrected chi connectivity index (χ2v) is 9.97. The van der Waals surface area contributed by atoms with Crippen molar-refractivity contribution >= 4 is 28.7 Å². The van der Waals surface area contributed by atoms with Gasteiger partial charge in [0.15, 0.2) is 0 Å². The van der Waals surface area contributed by atoms with Gasteiger partial charge in [-0.05, 0) is 74.5 Å². The van der Waals surface area contributed by atoms with Gasteiger partial charge in [-0.15, -0.1) is 0 Å². The van der Waals surface area contributed by atoms with Crippen molar-refractivity contribution in [2.45, 2.75) is 77.2 Å². The molecule has 3 aliphatic rings. The molecule has 1 amide bonds. The van der Waals surface area contributed by atoms with Crippen LogP contribution < -0.4 is 5.32 Å². The van der Waals surface area contributed by atoms with Gasteiger partial charge in [-0.2, -0.15) is 0 Å². The van der Waals surface area contributed by atoms with Gasteiger partial charge in [0.1, 0.15) is 21.2 Å². The number of nitrogens with one attached hydrogen (secondary N) is 1. The van der Waals surface area contributed by atoms with E-state index in [-0.39, 0.29) is 23.6 Å². The third-order valence-corrected chi connectivity index (χ3v) is 5.72. The molecule has 0 radical (unpaired) electrons. The molecule has 1 heterocycles. The van der Waals surface area contributed by atoms with Crippen molar-refractivity contribution in [3.63, 3.8) is 0 Å². The molecule has 140 valence electrons. The predicted octanol–water partition coefficient (Wildman–Crippen LogP) is 3.80. The van der Waals surface area contributed by atoms with Gasteiger partial charge in [0.2, 0.25) is 0 Å². The summed E-state index contributed by atoms with van der Waals surface area (Å²) in [5, 5.41) is 13.6. The Kier molecular flexibility index (Phi) is 4.85. The monoisotopic (exact) mass is 461 g/mol. The van der Waals surface area contributed by atoms with Crippen LogP contribution in [0.15, 0.2) is 6.20 Å². The minimum atomic E-state index is -0.573. The van der Waals surface area contributed by atoms with Crippen LogP contribution in [0.4, 0.5) is 4.79 Å². The van der Waals surface area contributed by atoms with Crippen LogP contribution in [0.5, 0.6) is 0 Å². The Morgan fingerprint density at radius 1 is 1.44 bits per heavy atom. The number of amides is 1. The number of nitrogens with zero attached hydrogens (tertiary/aromatic N) is 2. The molecule has 0 saturated heterocycles. The molecule has 6 nitrogen and oxygen atoms in total. The molecule has 25 heavy (non-hydrogen) atoms. The number of fused-ring (bicyclic) bond motifs is 1. The molecule has 2 atom stereocenters. The van der Waals surface area contributed by atoms with Gasteiger partial charge in [0.05, 0.1) is 0 Å². The number of carbonyl (C=O) groups is 1. The van der Waals surface area contributed by atoms with Crippen LogP contribution in [-0.4, -0.2) is 31.9 Å². The number of aliphatic hydroxyl groups excluding tert-OH is 1. The van der Waals surface area contributed by atoms with Crippen LogP contribution >= 0.6 is 22.6 Å². The second kappa shape index (κ2) is 6.40. The number of rotatable bonds is 4. The normalized spacial score (nSPS) is 29.4. The molecule has 7 heteroatoms. The van der Waals surface area contributed by atoms with E-state index in [0.717, 1.165) is 28.8 Å². The van der Waals surface area contributed by atoms with Crippen molar-refractivity contribution in [2.24, 2.45) is 11.8 Å². The Labute approximate surface area is 162 Å². The molecule has 4 rings (SSSR count). The summed E-state index contributed by atoms with van der Waals surface area (Å²) in [7, 11) is 0. The molecule has 3 aliphatic carbocycles. The number of carbonyl (C=O) groups excluding carboxylic acids is 1. The zero-order valence-electron chi connectivity index (χ0n) is 15.5. The standard InChI is InChI=1S/C18H28IN3O3/c1-10(2)14(23)15-20-13(19)9-22(15)12-8-18(6-11(12)7-18)21-16(24)25-17(3,4)5/h9-12,14,23H,6-8H2,1-5H3,(H,21,24). The minimum Gasteiger partial charge on any atom is -0.444 e. The summed E-state index contributed by atoms with van der Waals surface area (Å²) in [6.45, 7) is 9.61. The zero-order valence-corrected chi connectivity index (χ0v) is 17.7. The SMILES string of the molecule is CC(C)C(O)c1nc(I)cn1C1CC2(NC(=O)OC(C)(C)C)CC1C2. The number of aliphatic hydroxyl groups is 1. The van der Waals surface area contributed by atoms with Crippen LogP contribution in [-0.2, 0) is 4.74 Å². The molecule has 0 aliphatic heterocycles. The summed E-state index contributed by atoms with van der Waals surface area (Å²) < 4.78 is 8.45. The number of ether oxygens (including phenoxy) is 1. The highest BCUT2D eigenvalue weighted by atomic mass is 127. The molecule has 1 aromatic heterocycles. The summed E-state index contributed by atoms with van der Waals surface area (Å²) in [6, 6.07) is 0.273. The molecule has 0 aromatic carbocycles. The molecule has 2 N–H and O–H groups in total. The van der Waals surface area contributed by atoms with Gasteiger partial charge in [-0.1, -0.05) is 13.8 Å². The van der Waals surface area contributed by atoms with E-state index < -0.39 is 11.7 Å². The lowest BCUT2D eigenvalue weighted by molar-refractivity contribution is 0.0395. The Bertz CT molecular complexity index is 659. The number of hydrogen-bond acceptors (Lipinski definition) is 4. The second-order valence-electron chi connectivity index (χ2n) is 8.86. The fraction of sp³-hybridized carbons (Fsp3) is 0.778. The van der Waals surface area contributed by atoms with Crippen molar-refractivity contribution in [2.75, 3.05) is 0 Å². The van der Waals surface area contributed by atoms with Crippen molar-refractivity contribution in [3.05, 3.63) is 15.7 Å². The van der Waals surface area contributed by atoms with Gasteiger partial charge < -0.3 is 19.7 Å². The average Bonchev–Trinajstić information content (AvgIpc) is 3.05. The molecular weight excluding hydrogens is 433 g/mol. The first-order valence-electron chi connectivity index (χ1n) is 8.93. The summed E-state index contributed by atoms with van der Waals surface area (Å²) in [4.78, 5) is 16.7. The maximum absolute atomic E-state index is 12.2. The molecule has 0 spiro atoms. The molecule has 2 unspecified atom stereocenters. The number of aromatic nitrogens is 2. The van der Waals surface area contributed by atoms with E-state index in [0.29, 0.717) is 5.92 Å². The van der Waals surface area contributed by atoms with Gasteiger partial charge in [0, 0.05) is 17.8 Å². The van der Waals surface area contributed by atoms with E-state index in [1.54, 1.807) is 0 Å². The van der Waals surface area contributed by atoms with Crippen LogP contribution in [0, 0.1) is 15.5 Å². The predicted molar refractivity (Wildman–Crippen MR) is 103 cm³/mol. The Hall–Kier alpha value is -0.830. The Morgan fingerprint density at radius 2 is 2.08 bits per heavy atom. The number of alkyl carbamates (subject to hydrolysis) is 1. The number of hydrogen-bond donors (Lipinski definition) is 2. The fourth-order valence-electron chi connectivity index (χ4n) is 4.11. The average molecular weight is 461 g/mol. The van der Waals surface area contributed by atoms with Crippen molar-refractivity contribution in [1.82, 2.24) is 14.9 Å². The molecule has 3 saturated carbocycles. The highest BCUT2D eigenvalue weighted by Crippen LogP contribution is 2.58. The first-order chi connectivity index (χ1) is 11.5. The quantitative estimate of drug-likeness (QED) is 0.669. The maximum Gasteiger partial charge on any atom is 0.408 e. The van der Waals surface area contributed by atoms with E-state index in [1.165, 1.54) is 0 Å². The lowest BCUT2D eigenvalue weighted by Gasteiger charge is -2.39. The number of halogens is 1. The van der Waals surface area contributed by atoms with Crippen molar-refractivity contribution < 1.29 is 14.6 Å². The third kappa shape index (κ3) is 3.82. The smallest absolute Gasteiger partial charge is 0.408 e. The van der Waals surface area contributed by atoms with E-state index in [1.807, 2.05) is 40.8 Å². The fourth-order valence-corrected chi connectivity index (χ4v) is 4.66. The molecule has 2 bridgehead atoms. The van der Waals surface area contributed by atoms with Crippen molar-refractivity contribution in [3.8, 4) is 0 Å². The van der Waals surface area contributed by atoms with Gasteiger partial charge >= 0.3 is 6.09 Å². The Balaban J connectivity index is 1.73. The lowest BCUT2D eigenvalue weighted by Crippen LogP contribution is -2.53. The van der Waals surface area contributed by atoms with Gasteiger partial charge in [0.25, 0.3) is 0 Å². The third-order valence-electron chi connectivity index (χ3n) is 5.20. The Morgan fingerprint density at radius 3 is 2.64 bits per heavy atom. The minimum absolute atomic E-state index is 0.113. The van der Waals surface area contributed by atoms with E-state index in [9.17, 15) is 9.90 Å². The summed E-state index contributed by atoms with van der Waals surface area (Å²) in [5.74, 6) is 1.37. The van der Waals surface area contributed by atoms with E-state index in [2.05, 4.69) is 37.5 Å². The zero-order chi connectivity index (χ0) is 18.6. The highest BCUT2D eigenvalue weighted by molar-refractivity contribution is 14.1. The summed E-state index contributed by atoms with van der Waals surface area (Å²) >= 11 is 2.20. The first kappa shape index (κ1) is 18.9. The number of imidazole rings is 1. The van der Waals surface area contributed by atoms with Crippen LogP contribution in [0.25, 0.3) is 0 Å². The van der Waals surface area contributed by atoms with Crippen LogP contribution in [0.2, 0.25) is 0 Å². The maximum atomic E-state index is 12.2. The van der Waals surface area contributed by atoms with Crippen LogP contribution in [0.1, 0.15) is 71.9 Å². The lowest BCUT2D eigenvalue weighted by atomic mass is 9.77. The topological polar surface area (TPSA) is 76.4 Å². The molecular formula is C18H28IN3O3. The van der Waals surface area contributed by atoms with E-state index >= 15 is 0 Å². The molecule has 1 aromatic rings. The largest absolute Gasteiger partial charge is 0.444 e. The summed E-state index contributed by atoms with van der Waals surface area (Å²) in [6.07, 6.45) is 3.89. The highest BCUT2D eigenvalue weighted by Gasteiger charge is 2.58. The van der Waals surface area contributed by atoms with E-state index in [4.69, 9.17) is 4.74 Å². The molecule has 3 fully saturated rings.